The van der Waals surface area contributed by atoms with Crippen LogP contribution in [0.15, 0.2) is 41.2 Å². The second-order valence-electron chi connectivity index (χ2n) is 10.3. The number of phenols is 1. The van der Waals surface area contributed by atoms with Crippen LogP contribution >= 0.6 is 0 Å². The van der Waals surface area contributed by atoms with Crippen molar-refractivity contribution in [2.45, 2.75) is 58.9 Å². The van der Waals surface area contributed by atoms with E-state index in [9.17, 15) is 34.8 Å². The molecule has 2 rings (SSSR count). The Hall–Kier alpha value is -3.37. The number of hydrogen-bond acceptors (Lipinski definition) is 7. The molecular formula is C28H40N2O8. The molecule has 5 N–H and O–H groups in total. The van der Waals surface area contributed by atoms with Crippen molar-refractivity contribution >= 4 is 17.9 Å². The summed E-state index contributed by atoms with van der Waals surface area (Å²) >= 11 is 0. The van der Waals surface area contributed by atoms with E-state index in [-0.39, 0.29) is 63.6 Å². The van der Waals surface area contributed by atoms with E-state index in [1.54, 1.807) is 21.9 Å². The fraction of sp³-hybridized carbons (Fsp3) is 0.536. The predicted molar refractivity (Wildman–Crippen MR) is 142 cm³/mol. The highest BCUT2D eigenvalue weighted by Gasteiger charge is 2.20. The summed E-state index contributed by atoms with van der Waals surface area (Å²) in [6, 6.07) is 4.76. The van der Waals surface area contributed by atoms with Gasteiger partial charge in [0.2, 0.25) is 0 Å². The number of benzene rings is 1. The largest absolute Gasteiger partial charge is 0.512 e. The van der Waals surface area contributed by atoms with E-state index in [0.29, 0.717) is 29.0 Å². The van der Waals surface area contributed by atoms with Gasteiger partial charge in [0.1, 0.15) is 5.75 Å². The van der Waals surface area contributed by atoms with E-state index < -0.39 is 17.9 Å². The van der Waals surface area contributed by atoms with E-state index in [4.69, 9.17) is 5.11 Å². The van der Waals surface area contributed by atoms with Crippen LogP contribution in [-0.2, 0) is 27.3 Å². The Morgan fingerprint density at radius 2 is 1.50 bits per heavy atom. The highest BCUT2D eigenvalue weighted by molar-refractivity contribution is 5.69. The molecule has 1 aliphatic rings. The summed E-state index contributed by atoms with van der Waals surface area (Å²) in [6.07, 6.45) is 5.43. The monoisotopic (exact) mass is 532 g/mol. The number of rotatable bonds is 17. The second-order valence-corrected chi connectivity index (χ2v) is 10.3. The number of carboxylic acid groups (broad SMARTS) is 3. The number of carbonyl (C=O) groups is 3. The van der Waals surface area contributed by atoms with E-state index in [0.717, 1.165) is 19.3 Å². The van der Waals surface area contributed by atoms with Crippen LogP contribution in [0.3, 0.4) is 0 Å². The maximum atomic E-state index is 11.6. The van der Waals surface area contributed by atoms with Crippen LogP contribution in [0.5, 0.6) is 5.75 Å². The standard InChI is InChI=1S/C28H40N2O8/c1-19(2)3-4-20-5-8-24(31)22(13-20)15-29(17-27(35)36)11-12-30(18-28(37)38)16-23-14-21(6-9-25(23)32)7-10-26(33)34/h6,9,13-14,19,31-32H,3-5,7-8,10-12,15-18H2,1-2H3,(H,33,34)(H,35,36)(H,37,38). The molecule has 0 radical (unpaired) electrons. The summed E-state index contributed by atoms with van der Waals surface area (Å²) in [5.74, 6) is -2.26. The minimum Gasteiger partial charge on any atom is -0.512 e. The predicted octanol–water partition coefficient (Wildman–Crippen LogP) is 3.65. The number of aliphatic hydroxyl groups excluding tert-OH is 1. The average molecular weight is 533 g/mol. The van der Waals surface area contributed by atoms with Crippen LogP contribution in [-0.4, -0.2) is 86.0 Å². The van der Waals surface area contributed by atoms with Gasteiger partial charge in [0.25, 0.3) is 0 Å². The van der Waals surface area contributed by atoms with Crippen LogP contribution in [0.1, 0.15) is 57.1 Å². The number of aliphatic carboxylic acids is 3. The molecule has 10 heteroatoms. The molecule has 1 aliphatic carbocycles. The Morgan fingerprint density at radius 1 is 0.868 bits per heavy atom. The van der Waals surface area contributed by atoms with Gasteiger partial charge in [-0.2, -0.15) is 0 Å². The molecule has 1 aromatic carbocycles. The summed E-state index contributed by atoms with van der Waals surface area (Å²) in [5.41, 5.74) is 3.09. The molecule has 0 saturated heterocycles. The molecule has 0 heterocycles. The molecule has 0 aliphatic heterocycles. The third-order valence-electron chi connectivity index (χ3n) is 6.48. The Bertz CT molecular complexity index is 1050. The number of phenolic OH excluding ortho intramolecular Hbond substituents is 1. The Morgan fingerprint density at radius 3 is 2.08 bits per heavy atom. The summed E-state index contributed by atoms with van der Waals surface area (Å²) in [5, 5.41) is 48.6. The van der Waals surface area contributed by atoms with Crippen molar-refractivity contribution in [1.29, 1.82) is 0 Å². The first-order valence-electron chi connectivity index (χ1n) is 12.9. The molecule has 0 bridgehead atoms. The minimum atomic E-state index is -1.07. The molecule has 0 atom stereocenters. The van der Waals surface area contributed by atoms with Gasteiger partial charge in [-0.1, -0.05) is 37.6 Å². The quantitative estimate of drug-likeness (QED) is 0.200. The number of hydrogen-bond donors (Lipinski definition) is 5. The topological polar surface area (TPSA) is 159 Å². The highest BCUT2D eigenvalue weighted by atomic mass is 16.4. The molecule has 38 heavy (non-hydrogen) atoms. The highest BCUT2D eigenvalue weighted by Crippen LogP contribution is 2.27. The van der Waals surface area contributed by atoms with Gasteiger partial charge in [-0.3, -0.25) is 24.2 Å². The first-order chi connectivity index (χ1) is 17.9. The van der Waals surface area contributed by atoms with E-state index in [1.165, 1.54) is 11.6 Å². The molecule has 0 fully saturated rings. The minimum absolute atomic E-state index is 0.0294. The lowest BCUT2D eigenvalue weighted by Crippen LogP contribution is -2.40. The van der Waals surface area contributed by atoms with Gasteiger partial charge in [0.15, 0.2) is 0 Å². The fourth-order valence-electron chi connectivity index (χ4n) is 4.40. The van der Waals surface area contributed by atoms with Gasteiger partial charge in [-0.25, -0.2) is 0 Å². The Kier molecular flexibility index (Phi) is 12.3. The summed E-state index contributed by atoms with van der Waals surface area (Å²) in [7, 11) is 0. The first-order valence-corrected chi connectivity index (χ1v) is 12.9. The molecule has 0 aromatic heterocycles. The van der Waals surface area contributed by atoms with Crippen molar-refractivity contribution in [3.05, 3.63) is 52.3 Å². The molecule has 0 saturated carbocycles. The zero-order chi connectivity index (χ0) is 28.2. The van der Waals surface area contributed by atoms with Crippen molar-refractivity contribution in [3.63, 3.8) is 0 Å². The maximum absolute atomic E-state index is 11.6. The van der Waals surface area contributed by atoms with Gasteiger partial charge >= 0.3 is 17.9 Å². The zero-order valence-corrected chi connectivity index (χ0v) is 22.2. The van der Waals surface area contributed by atoms with Gasteiger partial charge < -0.3 is 25.5 Å². The first kappa shape index (κ1) is 30.9. The maximum Gasteiger partial charge on any atom is 0.317 e. The lowest BCUT2D eigenvalue weighted by molar-refractivity contribution is -0.140. The SMILES string of the molecule is CC(C)CCC1=CC(CN(CCN(CC(=O)O)Cc2cc(CCC(=O)O)ccc2O)CC(=O)O)=C(O)CC1. The summed E-state index contributed by atoms with van der Waals surface area (Å²) in [6.45, 7) is 4.45. The molecule has 10 nitrogen and oxygen atoms in total. The van der Waals surface area contributed by atoms with Crippen molar-refractivity contribution < 1.29 is 39.9 Å². The third kappa shape index (κ3) is 11.4. The van der Waals surface area contributed by atoms with Crippen LogP contribution in [0.2, 0.25) is 0 Å². The number of aryl methyl sites for hydroxylation is 1. The van der Waals surface area contributed by atoms with Gasteiger partial charge in [-0.15, -0.1) is 0 Å². The van der Waals surface area contributed by atoms with Crippen molar-refractivity contribution in [2.24, 2.45) is 5.92 Å². The van der Waals surface area contributed by atoms with Crippen LogP contribution in [0, 0.1) is 5.92 Å². The van der Waals surface area contributed by atoms with Crippen LogP contribution in [0.4, 0.5) is 0 Å². The van der Waals surface area contributed by atoms with Crippen molar-refractivity contribution in [2.75, 3.05) is 32.7 Å². The van der Waals surface area contributed by atoms with Gasteiger partial charge in [0.05, 0.1) is 18.8 Å². The third-order valence-corrected chi connectivity index (χ3v) is 6.48. The van der Waals surface area contributed by atoms with Crippen LogP contribution in [0.25, 0.3) is 0 Å². The van der Waals surface area contributed by atoms with E-state index >= 15 is 0 Å². The van der Waals surface area contributed by atoms with E-state index in [2.05, 4.69) is 13.8 Å². The molecular weight excluding hydrogens is 492 g/mol. The van der Waals surface area contributed by atoms with Gasteiger partial charge in [0, 0.05) is 50.2 Å². The lowest BCUT2D eigenvalue weighted by atomic mass is 9.92. The van der Waals surface area contributed by atoms with Crippen molar-refractivity contribution in [3.8, 4) is 5.75 Å². The van der Waals surface area contributed by atoms with E-state index in [1.807, 2.05) is 6.08 Å². The molecule has 0 spiro atoms. The second kappa shape index (κ2) is 15.1. The lowest BCUT2D eigenvalue weighted by Gasteiger charge is -2.28. The smallest absolute Gasteiger partial charge is 0.317 e. The van der Waals surface area contributed by atoms with Gasteiger partial charge in [-0.05, 0) is 43.2 Å². The number of aromatic hydroxyl groups is 1. The number of carboxylic acids is 3. The summed E-state index contributed by atoms with van der Waals surface area (Å²) < 4.78 is 0. The molecule has 210 valence electrons. The van der Waals surface area contributed by atoms with Crippen LogP contribution < -0.4 is 0 Å². The molecule has 0 amide bonds. The van der Waals surface area contributed by atoms with Crippen molar-refractivity contribution in [1.82, 2.24) is 9.80 Å². The number of aliphatic hydroxyl groups is 1. The Labute approximate surface area is 223 Å². The summed E-state index contributed by atoms with van der Waals surface area (Å²) in [4.78, 5) is 37.2. The number of allylic oxidation sites excluding steroid dienone is 2. The average Bonchev–Trinajstić information content (AvgIpc) is 2.82. The zero-order valence-electron chi connectivity index (χ0n) is 22.2. The molecule has 1 aromatic rings. The Balaban J connectivity index is 2.14. The fourth-order valence-corrected chi connectivity index (χ4v) is 4.40. The normalized spacial score (nSPS) is 13.9. The number of nitrogens with zero attached hydrogens (tertiary/aromatic N) is 2. The molecule has 0 unspecified atom stereocenters.